The zero-order chi connectivity index (χ0) is 19.2. The van der Waals surface area contributed by atoms with E-state index in [1.165, 1.54) is 0 Å². The summed E-state index contributed by atoms with van der Waals surface area (Å²) < 4.78 is 24.8. The summed E-state index contributed by atoms with van der Waals surface area (Å²) in [6, 6.07) is 4.02. The summed E-state index contributed by atoms with van der Waals surface area (Å²) in [6.45, 7) is 5.40. The maximum Gasteiger partial charge on any atom is 0.251 e. The third-order valence-electron chi connectivity index (χ3n) is 5.46. The van der Waals surface area contributed by atoms with Gasteiger partial charge in [-0.25, -0.2) is 13.8 Å². The van der Waals surface area contributed by atoms with Crippen LogP contribution in [-0.2, 0) is 11.3 Å². The summed E-state index contributed by atoms with van der Waals surface area (Å²) in [7, 11) is 2.12. The second kappa shape index (κ2) is 9.41. The third-order valence-corrected chi connectivity index (χ3v) is 5.46. The highest BCUT2D eigenvalue weighted by molar-refractivity contribution is 5.78. The Bertz CT molecular complexity index is 597. The van der Waals surface area contributed by atoms with Gasteiger partial charge in [0.1, 0.15) is 5.82 Å². The van der Waals surface area contributed by atoms with E-state index in [4.69, 9.17) is 0 Å². The van der Waals surface area contributed by atoms with E-state index in [1.54, 1.807) is 4.90 Å². The van der Waals surface area contributed by atoms with Gasteiger partial charge in [-0.2, -0.15) is 0 Å². The molecule has 0 spiro atoms. The van der Waals surface area contributed by atoms with Crippen LogP contribution < -0.4 is 10.2 Å². The summed E-state index contributed by atoms with van der Waals surface area (Å²) in [6.07, 6.45) is 0.786. The number of nitrogens with zero attached hydrogens (tertiary/aromatic N) is 4. The summed E-state index contributed by atoms with van der Waals surface area (Å²) >= 11 is 0. The van der Waals surface area contributed by atoms with Crippen molar-refractivity contribution in [3.63, 3.8) is 0 Å². The maximum absolute atomic E-state index is 12.4. The average molecular weight is 381 g/mol. The minimum absolute atomic E-state index is 0.00911. The van der Waals surface area contributed by atoms with Gasteiger partial charge in [-0.15, -0.1) is 0 Å². The van der Waals surface area contributed by atoms with Gasteiger partial charge >= 0.3 is 0 Å². The standard InChI is InChI=1S/C19H29F2N5O/c1-24-8-10-26(11-9-24)18-3-2-15(12-22-18)13-23-19(27)16-4-6-25(7-5-16)14-17(20)21/h2-3,12,16-17H,4-11,13-14H2,1H3,(H,23,27). The Morgan fingerprint density at radius 2 is 1.89 bits per heavy atom. The lowest BCUT2D eigenvalue weighted by atomic mass is 9.96. The number of hydrogen-bond acceptors (Lipinski definition) is 5. The lowest BCUT2D eigenvalue weighted by Crippen LogP contribution is -2.44. The van der Waals surface area contributed by atoms with Crippen molar-refractivity contribution in [2.45, 2.75) is 25.8 Å². The van der Waals surface area contributed by atoms with Gasteiger partial charge < -0.3 is 15.1 Å². The molecule has 0 unspecified atom stereocenters. The van der Waals surface area contributed by atoms with Crippen molar-refractivity contribution in [3.05, 3.63) is 23.9 Å². The number of piperazine rings is 1. The number of hydrogen-bond donors (Lipinski definition) is 1. The van der Waals surface area contributed by atoms with Gasteiger partial charge in [0.15, 0.2) is 0 Å². The number of alkyl halides is 2. The quantitative estimate of drug-likeness (QED) is 0.808. The van der Waals surface area contributed by atoms with Crippen LogP contribution in [0.5, 0.6) is 0 Å². The topological polar surface area (TPSA) is 51.7 Å². The Morgan fingerprint density at radius 1 is 1.19 bits per heavy atom. The van der Waals surface area contributed by atoms with Crippen LogP contribution in [0.1, 0.15) is 18.4 Å². The third kappa shape index (κ3) is 5.84. The number of pyridine rings is 1. The monoisotopic (exact) mass is 381 g/mol. The Morgan fingerprint density at radius 3 is 2.48 bits per heavy atom. The largest absolute Gasteiger partial charge is 0.354 e. The molecule has 3 heterocycles. The van der Waals surface area contributed by atoms with Crippen LogP contribution in [0.15, 0.2) is 18.3 Å². The predicted octanol–water partition coefficient (Wildman–Crippen LogP) is 1.43. The highest BCUT2D eigenvalue weighted by Crippen LogP contribution is 2.18. The highest BCUT2D eigenvalue weighted by atomic mass is 19.3. The van der Waals surface area contributed by atoms with Crippen molar-refractivity contribution in [1.29, 1.82) is 0 Å². The highest BCUT2D eigenvalue weighted by Gasteiger charge is 2.26. The molecule has 150 valence electrons. The number of amides is 1. The SMILES string of the molecule is CN1CCN(c2ccc(CNC(=O)C3CCN(CC(F)F)CC3)cn2)CC1. The molecule has 0 saturated carbocycles. The van der Waals surface area contributed by atoms with Gasteiger partial charge in [0.2, 0.25) is 5.91 Å². The fraction of sp³-hybridized carbons (Fsp3) is 0.684. The molecule has 1 aromatic heterocycles. The van der Waals surface area contributed by atoms with Gasteiger partial charge in [-0.1, -0.05) is 6.07 Å². The van der Waals surface area contributed by atoms with Crippen LogP contribution in [0, 0.1) is 5.92 Å². The van der Waals surface area contributed by atoms with Crippen LogP contribution in [-0.4, -0.2) is 80.0 Å². The Labute approximate surface area is 159 Å². The van der Waals surface area contributed by atoms with Crippen molar-refractivity contribution in [1.82, 2.24) is 20.1 Å². The van der Waals surface area contributed by atoms with E-state index in [0.29, 0.717) is 32.5 Å². The van der Waals surface area contributed by atoms with Crippen molar-refractivity contribution >= 4 is 11.7 Å². The van der Waals surface area contributed by atoms with Crippen molar-refractivity contribution in [2.24, 2.45) is 5.92 Å². The molecule has 2 aliphatic heterocycles. The number of aromatic nitrogens is 1. The molecule has 6 nitrogen and oxygen atoms in total. The van der Waals surface area contributed by atoms with Crippen LogP contribution in [0.4, 0.5) is 14.6 Å². The molecule has 2 fully saturated rings. The summed E-state index contributed by atoms with van der Waals surface area (Å²) in [5, 5.41) is 2.96. The number of likely N-dealkylation sites (N-methyl/N-ethyl adjacent to an activating group) is 1. The molecule has 0 atom stereocenters. The van der Waals surface area contributed by atoms with E-state index in [1.807, 2.05) is 18.3 Å². The number of rotatable bonds is 6. The van der Waals surface area contributed by atoms with Crippen molar-refractivity contribution in [3.8, 4) is 0 Å². The Kier molecular flexibility index (Phi) is 6.95. The van der Waals surface area contributed by atoms with E-state index in [-0.39, 0.29) is 18.4 Å². The molecule has 2 saturated heterocycles. The molecule has 1 aromatic rings. The van der Waals surface area contributed by atoms with Gasteiger partial charge in [0, 0.05) is 44.8 Å². The Balaban J connectivity index is 1.41. The van der Waals surface area contributed by atoms with E-state index >= 15 is 0 Å². The molecule has 27 heavy (non-hydrogen) atoms. The minimum Gasteiger partial charge on any atom is -0.354 e. The van der Waals surface area contributed by atoms with E-state index in [0.717, 1.165) is 37.6 Å². The molecule has 0 aromatic carbocycles. The number of nitrogens with one attached hydrogen (secondary N) is 1. The summed E-state index contributed by atoms with van der Waals surface area (Å²) in [4.78, 5) is 23.2. The number of carbonyl (C=O) groups is 1. The van der Waals surface area contributed by atoms with Crippen LogP contribution >= 0.6 is 0 Å². The van der Waals surface area contributed by atoms with Crippen LogP contribution in [0.2, 0.25) is 0 Å². The first-order valence-corrected chi connectivity index (χ1v) is 9.68. The van der Waals surface area contributed by atoms with Gasteiger partial charge in [-0.05, 0) is 44.6 Å². The Hall–Kier alpha value is -1.80. The lowest BCUT2D eigenvalue weighted by Gasteiger charge is -2.33. The lowest BCUT2D eigenvalue weighted by molar-refractivity contribution is -0.126. The fourth-order valence-electron chi connectivity index (χ4n) is 3.65. The molecular weight excluding hydrogens is 352 g/mol. The number of anilines is 1. The summed E-state index contributed by atoms with van der Waals surface area (Å²) in [5.41, 5.74) is 0.969. The second-order valence-electron chi connectivity index (χ2n) is 7.50. The smallest absolute Gasteiger partial charge is 0.251 e. The van der Waals surface area contributed by atoms with E-state index in [9.17, 15) is 13.6 Å². The average Bonchev–Trinajstić information content (AvgIpc) is 2.67. The normalized spacial score (nSPS) is 20.2. The van der Waals surface area contributed by atoms with Crippen molar-refractivity contribution < 1.29 is 13.6 Å². The molecule has 2 aliphatic rings. The molecule has 1 amide bonds. The zero-order valence-corrected chi connectivity index (χ0v) is 15.9. The molecule has 1 N–H and O–H groups in total. The number of piperidine rings is 1. The molecule has 0 radical (unpaired) electrons. The van der Waals surface area contributed by atoms with E-state index in [2.05, 4.69) is 27.1 Å². The van der Waals surface area contributed by atoms with Gasteiger partial charge in [0.05, 0.1) is 6.54 Å². The summed E-state index contributed by atoms with van der Waals surface area (Å²) in [5.74, 6) is 0.899. The second-order valence-corrected chi connectivity index (χ2v) is 7.50. The first-order chi connectivity index (χ1) is 13.0. The van der Waals surface area contributed by atoms with E-state index < -0.39 is 6.43 Å². The first kappa shape index (κ1) is 19.9. The minimum atomic E-state index is -2.31. The zero-order valence-electron chi connectivity index (χ0n) is 15.9. The predicted molar refractivity (Wildman–Crippen MR) is 101 cm³/mol. The first-order valence-electron chi connectivity index (χ1n) is 9.68. The van der Waals surface area contributed by atoms with Gasteiger partial charge in [0.25, 0.3) is 6.43 Å². The molecule has 8 heteroatoms. The molecule has 0 aliphatic carbocycles. The fourth-order valence-corrected chi connectivity index (χ4v) is 3.65. The molecule has 0 bridgehead atoms. The van der Waals surface area contributed by atoms with Crippen LogP contribution in [0.3, 0.4) is 0 Å². The molecular formula is C19H29F2N5O. The van der Waals surface area contributed by atoms with Crippen molar-refractivity contribution in [2.75, 3.05) is 57.8 Å². The maximum atomic E-state index is 12.4. The number of likely N-dealkylation sites (tertiary alicyclic amines) is 1. The van der Waals surface area contributed by atoms with Crippen LogP contribution in [0.25, 0.3) is 0 Å². The number of carbonyl (C=O) groups excluding carboxylic acids is 1. The molecule has 3 rings (SSSR count). The number of halogens is 2. The van der Waals surface area contributed by atoms with Gasteiger partial charge in [-0.3, -0.25) is 9.69 Å².